The van der Waals surface area contributed by atoms with E-state index in [1.54, 1.807) is 0 Å². The molecule has 0 aliphatic heterocycles. The van der Waals surface area contributed by atoms with E-state index in [2.05, 4.69) is 38.1 Å². The lowest BCUT2D eigenvalue weighted by molar-refractivity contribution is 0.602. The number of hydrogen-bond acceptors (Lipinski definition) is 1. The first kappa shape index (κ1) is 13.4. The average molecular weight is 243 g/mol. The first-order valence-electron chi connectivity index (χ1n) is 7.21. The summed E-state index contributed by atoms with van der Waals surface area (Å²) in [6.45, 7) is 4.35. The Bertz CT molecular complexity index is 431. The normalized spacial score (nSPS) is 21.6. The summed E-state index contributed by atoms with van der Waals surface area (Å²) < 4.78 is 0. The Morgan fingerprint density at radius 1 is 1.06 bits per heavy atom. The number of aryl methyl sites for hydroxylation is 1. The summed E-state index contributed by atoms with van der Waals surface area (Å²) in [6.07, 6.45) is 10.1. The summed E-state index contributed by atoms with van der Waals surface area (Å²) in [5.74, 6) is 0. The fourth-order valence-electron chi connectivity index (χ4n) is 2.81. The summed E-state index contributed by atoms with van der Waals surface area (Å²) in [7, 11) is 0. The van der Waals surface area contributed by atoms with E-state index >= 15 is 0 Å². The van der Waals surface area contributed by atoms with Crippen LogP contribution in [-0.4, -0.2) is 0 Å². The molecule has 1 atom stereocenters. The number of rotatable bonds is 2. The molecule has 1 aliphatic rings. The van der Waals surface area contributed by atoms with E-state index in [1.165, 1.54) is 60.8 Å². The maximum absolute atomic E-state index is 6.49. The van der Waals surface area contributed by atoms with Gasteiger partial charge in [0.05, 0.1) is 6.04 Å². The van der Waals surface area contributed by atoms with E-state index in [-0.39, 0.29) is 6.04 Å². The zero-order valence-corrected chi connectivity index (χ0v) is 11.7. The largest absolute Gasteiger partial charge is 0.321 e. The Morgan fingerprint density at radius 2 is 1.83 bits per heavy atom. The third kappa shape index (κ3) is 3.02. The molecule has 0 saturated heterocycles. The average Bonchev–Trinajstić information content (AvgIpc) is 2.31. The number of benzene rings is 1. The van der Waals surface area contributed by atoms with Crippen LogP contribution in [-0.2, 0) is 0 Å². The van der Waals surface area contributed by atoms with E-state index < -0.39 is 0 Å². The highest BCUT2D eigenvalue weighted by Crippen LogP contribution is 2.29. The maximum Gasteiger partial charge on any atom is 0.0513 e. The van der Waals surface area contributed by atoms with Crippen LogP contribution in [0.1, 0.15) is 61.3 Å². The summed E-state index contributed by atoms with van der Waals surface area (Å²) in [6, 6.07) is 6.58. The van der Waals surface area contributed by atoms with Gasteiger partial charge >= 0.3 is 0 Å². The zero-order chi connectivity index (χ0) is 13.0. The van der Waals surface area contributed by atoms with Crippen LogP contribution in [0, 0.1) is 13.8 Å². The smallest absolute Gasteiger partial charge is 0.0513 e. The van der Waals surface area contributed by atoms with Crippen molar-refractivity contribution in [2.75, 3.05) is 0 Å². The summed E-state index contributed by atoms with van der Waals surface area (Å²) in [4.78, 5) is 0. The molecule has 0 amide bonds. The van der Waals surface area contributed by atoms with Gasteiger partial charge in [-0.2, -0.15) is 0 Å². The summed E-state index contributed by atoms with van der Waals surface area (Å²) in [5, 5.41) is 0. The Labute approximate surface area is 111 Å². The van der Waals surface area contributed by atoms with Crippen LogP contribution in [0.3, 0.4) is 0 Å². The molecule has 1 heteroatoms. The lowest BCUT2D eigenvalue weighted by atomic mass is 9.88. The Hall–Kier alpha value is -1.08. The molecule has 1 nitrogen and oxygen atoms in total. The Morgan fingerprint density at radius 3 is 2.67 bits per heavy atom. The standard InChI is InChI=1S/C17H25N/c1-13-9-8-12-16(14(13)2)17(18)15-10-6-4-3-5-7-11-15/h8-10,12,17H,3-7,11,18H2,1-2H3/b15-10+. The van der Waals surface area contributed by atoms with Crippen molar-refractivity contribution in [3.05, 3.63) is 46.5 Å². The van der Waals surface area contributed by atoms with Crippen molar-refractivity contribution >= 4 is 0 Å². The third-order valence-electron chi connectivity index (χ3n) is 4.21. The quantitative estimate of drug-likeness (QED) is 0.756. The minimum absolute atomic E-state index is 0.1000. The Kier molecular flexibility index (Phi) is 4.60. The molecule has 98 valence electrons. The molecular formula is C17H25N. The third-order valence-corrected chi connectivity index (χ3v) is 4.21. The maximum atomic E-state index is 6.49. The molecule has 2 N–H and O–H groups in total. The molecular weight excluding hydrogens is 218 g/mol. The SMILES string of the molecule is Cc1cccc(C(N)/C2=C/CCCCCC2)c1C. The molecule has 2 rings (SSSR count). The van der Waals surface area contributed by atoms with Gasteiger partial charge in [0.25, 0.3) is 0 Å². The molecule has 18 heavy (non-hydrogen) atoms. The van der Waals surface area contributed by atoms with Gasteiger partial charge in [0.2, 0.25) is 0 Å². The second-order valence-electron chi connectivity index (χ2n) is 5.50. The second-order valence-corrected chi connectivity index (χ2v) is 5.50. The van der Waals surface area contributed by atoms with E-state index in [4.69, 9.17) is 5.73 Å². The van der Waals surface area contributed by atoms with Gasteiger partial charge in [0, 0.05) is 0 Å². The molecule has 0 fully saturated rings. The first-order chi connectivity index (χ1) is 8.70. The highest BCUT2D eigenvalue weighted by atomic mass is 14.6. The van der Waals surface area contributed by atoms with Crippen molar-refractivity contribution in [1.29, 1.82) is 0 Å². The number of hydrogen-bond donors (Lipinski definition) is 1. The molecule has 1 aliphatic carbocycles. The molecule has 0 spiro atoms. The minimum Gasteiger partial charge on any atom is -0.321 e. The minimum atomic E-state index is 0.1000. The molecule has 1 unspecified atom stereocenters. The van der Waals surface area contributed by atoms with E-state index in [9.17, 15) is 0 Å². The molecule has 1 aromatic carbocycles. The second kappa shape index (κ2) is 6.19. The fourth-order valence-corrected chi connectivity index (χ4v) is 2.81. The topological polar surface area (TPSA) is 26.0 Å². The Balaban J connectivity index is 2.23. The van der Waals surface area contributed by atoms with Crippen LogP contribution in [0.25, 0.3) is 0 Å². The molecule has 1 aromatic rings. The van der Waals surface area contributed by atoms with Crippen molar-refractivity contribution < 1.29 is 0 Å². The predicted molar refractivity (Wildman–Crippen MR) is 78.6 cm³/mol. The van der Waals surface area contributed by atoms with Gasteiger partial charge < -0.3 is 5.73 Å². The van der Waals surface area contributed by atoms with Gasteiger partial charge in [0.15, 0.2) is 0 Å². The van der Waals surface area contributed by atoms with E-state index in [0.717, 1.165) is 0 Å². The van der Waals surface area contributed by atoms with E-state index in [1.807, 2.05) is 0 Å². The number of nitrogens with two attached hydrogens (primary N) is 1. The van der Waals surface area contributed by atoms with Crippen molar-refractivity contribution in [1.82, 2.24) is 0 Å². The molecule has 0 bridgehead atoms. The van der Waals surface area contributed by atoms with Gasteiger partial charge in [-0.1, -0.05) is 42.7 Å². The lowest BCUT2D eigenvalue weighted by Gasteiger charge is -2.21. The fraction of sp³-hybridized carbons (Fsp3) is 0.529. The van der Waals surface area contributed by atoms with Crippen LogP contribution in [0.2, 0.25) is 0 Å². The lowest BCUT2D eigenvalue weighted by Crippen LogP contribution is -2.15. The highest BCUT2D eigenvalue weighted by Gasteiger charge is 2.15. The van der Waals surface area contributed by atoms with Crippen LogP contribution < -0.4 is 5.73 Å². The van der Waals surface area contributed by atoms with E-state index in [0.29, 0.717) is 0 Å². The molecule has 0 radical (unpaired) electrons. The van der Waals surface area contributed by atoms with Crippen molar-refractivity contribution in [2.24, 2.45) is 5.73 Å². The predicted octanol–water partition coefficient (Wildman–Crippen LogP) is 4.58. The van der Waals surface area contributed by atoms with Crippen LogP contribution in [0.5, 0.6) is 0 Å². The molecule has 0 saturated carbocycles. The van der Waals surface area contributed by atoms with Gasteiger partial charge in [-0.3, -0.25) is 0 Å². The van der Waals surface area contributed by atoms with Gasteiger partial charge in [-0.25, -0.2) is 0 Å². The van der Waals surface area contributed by atoms with Gasteiger partial charge in [-0.15, -0.1) is 0 Å². The van der Waals surface area contributed by atoms with Crippen molar-refractivity contribution in [2.45, 2.75) is 58.4 Å². The summed E-state index contributed by atoms with van der Waals surface area (Å²) in [5.41, 5.74) is 11.9. The van der Waals surface area contributed by atoms with Crippen molar-refractivity contribution in [3.8, 4) is 0 Å². The highest BCUT2D eigenvalue weighted by molar-refractivity contribution is 5.39. The monoisotopic (exact) mass is 243 g/mol. The summed E-state index contributed by atoms with van der Waals surface area (Å²) >= 11 is 0. The van der Waals surface area contributed by atoms with Crippen LogP contribution in [0.4, 0.5) is 0 Å². The van der Waals surface area contributed by atoms with Crippen molar-refractivity contribution in [3.63, 3.8) is 0 Å². The molecule has 0 aromatic heterocycles. The van der Waals surface area contributed by atoms with Crippen LogP contribution in [0.15, 0.2) is 29.8 Å². The zero-order valence-electron chi connectivity index (χ0n) is 11.7. The molecule has 0 heterocycles. The van der Waals surface area contributed by atoms with Gasteiger partial charge in [-0.05, 0) is 56.2 Å². The van der Waals surface area contributed by atoms with Crippen LogP contribution >= 0.6 is 0 Å². The first-order valence-corrected chi connectivity index (χ1v) is 7.21. The number of allylic oxidation sites excluding steroid dienone is 1. The van der Waals surface area contributed by atoms with Gasteiger partial charge in [0.1, 0.15) is 0 Å².